The second-order valence-electron chi connectivity index (χ2n) is 4.75. The lowest BCUT2D eigenvalue weighted by atomic mass is 9.69. The maximum absolute atomic E-state index is 5.90. The van der Waals surface area contributed by atoms with Crippen molar-refractivity contribution in [1.29, 1.82) is 0 Å². The second kappa shape index (κ2) is 5.41. The molecule has 3 unspecified atom stereocenters. The summed E-state index contributed by atoms with van der Waals surface area (Å²) >= 11 is 4.94. The van der Waals surface area contributed by atoms with E-state index in [4.69, 9.17) is 17.4 Å². The van der Waals surface area contributed by atoms with Crippen molar-refractivity contribution < 1.29 is 4.74 Å². The highest BCUT2D eigenvalue weighted by molar-refractivity contribution is 7.80. The third kappa shape index (κ3) is 2.46. The summed E-state index contributed by atoms with van der Waals surface area (Å²) in [5, 5.41) is 0. The van der Waals surface area contributed by atoms with E-state index in [1.807, 2.05) is 0 Å². The van der Waals surface area contributed by atoms with Gasteiger partial charge in [-0.05, 0) is 31.1 Å². The fraction of sp³-hybridized carbons (Fsp3) is 1.00. The maximum Gasteiger partial charge on any atom is 0.0606 e. The zero-order valence-electron chi connectivity index (χ0n) is 8.91. The standard InChI is InChI=1S/C12H21OS/c14-9-8-13-12-7-3-5-10-4-1-2-6-11(10)12/h10-12H,1-9H2. The Balaban J connectivity index is 1.88. The molecule has 0 bridgehead atoms. The van der Waals surface area contributed by atoms with Crippen molar-refractivity contribution in [2.45, 2.75) is 51.0 Å². The van der Waals surface area contributed by atoms with E-state index in [2.05, 4.69) is 0 Å². The molecule has 0 aromatic heterocycles. The van der Waals surface area contributed by atoms with Crippen molar-refractivity contribution in [3.05, 3.63) is 0 Å². The van der Waals surface area contributed by atoms with Gasteiger partial charge >= 0.3 is 0 Å². The second-order valence-corrected chi connectivity index (χ2v) is 5.16. The molecule has 0 aromatic carbocycles. The van der Waals surface area contributed by atoms with Crippen molar-refractivity contribution in [1.82, 2.24) is 0 Å². The topological polar surface area (TPSA) is 9.23 Å². The van der Waals surface area contributed by atoms with Gasteiger partial charge in [0.1, 0.15) is 0 Å². The first-order chi connectivity index (χ1) is 6.92. The lowest BCUT2D eigenvalue weighted by molar-refractivity contribution is -0.0407. The van der Waals surface area contributed by atoms with E-state index in [0.29, 0.717) is 6.10 Å². The molecular formula is C12H21OS. The first kappa shape index (κ1) is 10.8. The van der Waals surface area contributed by atoms with Crippen LogP contribution in [0, 0.1) is 11.8 Å². The Labute approximate surface area is 93.0 Å². The van der Waals surface area contributed by atoms with Crippen LogP contribution in [-0.2, 0) is 4.74 Å². The van der Waals surface area contributed by atoms with Gasteiger partial charge in [0.05, 0.1) is 12.7 Å². The van der Waals surface area contributed by atoms with Crippen molar-refractivity contribution in [3.63, 3.8) is 0 Å². The van der Waals surface area contributed by atoms with Crippen LogP contribution >= 0.6 is 12.6 Å². The number of hydrogen-bond acceptors (Lipinski definition) is 1. The fourth-order valence-corrected chi connectivity index (χ4v) is 3.38. The van der Waals surface area contributed by atoms with Gasteiger partial charge in [-0.2, -0.15) is 0 Å². The van der Waals surface area contributed by atoms with Gasteiger partial charge in [-0.3, -0.25) is 0 Å². The molecule has 0 saturated heterocycles. The fourth-order valence-electron chi connectivity index (χ4n) is 3.29. The monoisotopic (exact) mass is 213 g/mol. The van der Waals surface area contributed by atoms with Crippen LogP contribution in [0.2, 0.25) is 0 Å². The van der Waals surface area contributed by atoms with Gasteiger partial charge in [0.2, 0.25) is 0 Å². The van der Waals surface area contributed by atoms with E-state index >= 15 is 0 Å². The van der Waals surface area contributed by atoms with Crippen LogP contribution in [-0.4, -0.2) is 18.5 Å². The summed E-state index contributed by atoms with van der Waals surface area (Å²) < 4.78 is 5.90. The van der Waals surface area contributed by atoms with E-state index in [1.54, 1.807) is 0 Å². The summed E-state index contributed by atoms with van der Waals surface area (Å²) in [6.45, 7) is 0.795. The normalized spacial score (nSPS) is 37.9. The highest BCUT2D eigenvalue weighted by atomic mass is 32.1. The minimum Gasteiger partial charge on any atom is -0.377 e. The summed E-state index contributed by atoms with van der Waals surface area (Å²) in [5.41, 5.74) is 0. The summed E-state index contributed by atoms with van der Waals surface area (Å²) in [5.74, 6) is 2.61. The van der Waals surface area contributed by atoms with Gasteiger partial charge in [0.15, 0.2) is 0 Å². The predicted molar refractivity (Wildman–Crippen MR) is 61.5 cm³/mol. The molecule has 2 aliphatic rings. The average Bonchev–Trinajstić information content (AvgIpc) is 2.26. The molecule has 0 heterocycles. The molecule has 1 nitrogen and oxygen atoms in total. The van der Waals surface area contributed by atoms with Gasteiger partial charge in [0.25, 0.3) is 0 Å². The molecule has 2 saturated carbocycles. The summed E-state index contributed by atoms with van der Waals surface area (Å²) in [4.78, 5) is 0. The van der Waals surface area contributed by atoms with E-state index in [0.717, 1.165) is 24.2 Å². The van der Waals surface area contributed by atoms with Crippen LogP contribution in [0.25, 0.3) is 0 Å². The molecule has 2 rings (SSSR count). The molecule has 1 radical (unpaired) electrons. The molecule has 14 heavy (non-hydrogen) atoms. The molecule has 0 amide bonds. The van der Waals surface area contributed by atoms with Crippen molar-refractivity contribution in [2.75, 3.05) is 12.4 Å². The van der Waals surface area contributed by atoms with Gasteiger partial charge in [-0.25, -0.2) is 0 Å². The van der Waals surface area contributed by atoms with Crippen LogP contribution in [0.1, 0.15) is 44.9 Å². The highest BCUT2D eigenvalue weighted by Gasteiger charge is 2.35. The summed E-state index contributed by atoms with van der Waals surface area (Å²) in [7, 11) is 0. The highest BCUT2D eigenvalue weighted by Crippen LogP contribution is 2.41. The molecule has 0 aromatic rings. The largest absolute Gasteiger partial charge is 0.377 e. The van der Waals surface area contributed by atoms with Crippen LogP contribution < -0.4 is 0 Å². The molecule has 2 aliphatic carbocycles. The van der Waals surface area contributed by atoms with Crippen LogP contribution in [0.3, 0.4) is 0 Å². The smallest absolute Gasteiger partial charge is 0.0606 e. The van der Waals surface area contributed by atoms with E-state index in [9.17, 15) is 0 Å². The van der Waals surface area contributed by atoms with Gasteiger partial charge < -0.3 is 4.74 Å². The average molecular weight is 213 g/mol. The van der Waals surface area contributed by atoms with Crippen LogP contribution in [0.5, 0.6) is 0 Å². The number of fused-ring (bicyclic) bond motifs is 1. The molecule has 3 atom stereocenters. The SMILES string of the molecule is [S]CCOC1CCCC2CCCCC21. The van der Waals surface area contributed by atoms with Gasteiger partial charge in [-0.15, -0.1) is 0 Å². The van der Waals surface area contributed by atoms with Crippen molar-refractivity contribution in [3.8, 4) is 0 Å². The summed E-state index contributed by atoms with van der Waals surface area (Å²) in [6, 6.07) is 0. The lowest BCUT2D eigenvalue weighted by Crippen LogP contribution is -2.36. The number of hydrogen-bond donors (Lipinski definition) is 0. The zero-order chi connectivity index (χ0) is 9.80. The van der Waals surface area contributed by atoms with E-state index in [1.165, 1.54) is 44.9 Å². The Morgan fingerprint density at radius 1 is 1.00 bits per heavy atom. The quantitative estimate of drug-likeness (QED) is 0.696. The minimum atomic E-state index is 0.553. The van der Waals surface area contributed by atoms with Crippen LogP contribution in [0.15, 0.2) is 0 Å². The molecule has 0 N–H and O–H groups in total. The summed E-state index contributed by atoms with van der Waals surface area (Å²) in [6.07, 6.45) is 10.4. The third-order valence-corrected chi connectivity index (χ3v) is 4.09. The third-order valence-electron chi connectivity index (χ3n) is 3.92. The van der Waals surface area contributed by atoms with Gasteiger partial charge in [-0.1, -0.05) is 38.3 Å². The predicted octanol–water partition coefficient (Wildman–Crippen LogP) is 3.56. The molecule has 2 heteroatoms. The first-order valence-electron chi connectivity index (χ1n) is 6.11. The molecule has 2 fully saturated rings. The Hall–Kier alpha value is 0.310. The van der Waals surface area contributed by atoms with Crippen molar-refractivity contribution in [2.24, 2.45) is 11.8 Å². The molecule has 81 valence electrons. The maximum atomic E-state index is 5.90. The van der Waals surface area contributed by atoms with E-state index < -0.39 is 0 Å². The van der Waals surface area contributed by atoms with Crippen LogP contribution in [0.4, 0.5) is 0 Å². The molecule has 0 spiro atoms. The molecular weight excluding hydrogens is 192 g/mol. The number of ether oxygens (including phenoxy) is 1. The Morgan fingerprint density at radius 2 is 1.79 bits per heavy atom. The number of rotatable bonds is 3. The van der Waals surface area contributed by atoms with Crippen molar-refractivity contribution >= 4 is 12.6 Å². The molecule has 0 aliphatic heterocycles. The Bertz CT molecular complexity index is 170. The Morgan fingerprint density at radius 3 is 2.64 bits per heavy atom. The Kier molecular flexibility index (Phi) is 4.18. The minimum absolute atomic E-state index is 0.553. The van der Waals surface area contributed by atoms with E-state index in [-0.39, 0.29) is 0 Å². The lowest BCUT2D eigenvalue weighted by Gasteiger charge is -2.41. The van der Waals surface area contributed by atoms with Gasteiger partial charge in [0, 0.05) is 5.75 Å². The first-order valence-corrected chi connectivity index (χ1v) is 6.69. The zero-order valence-corrected chi connectivity index (χ0v) is 9.73.